The van der Waals surface area contributed by atoms with Crippen LogP contribution < -0.4 is 4.74 Å². The maximum atomic E-state index is 13.7. The molecule has 0 aromatic heterocycles. The molecule has 0 aliphatic carbocycles. The highest BCUT2D eigenvalue weighted by atomic mass is 79.9. The van der Waals surface area contributed by atoms with Gasteiger partial charge in [0.15, 0.2) is 11.6 Å². The fourth-order valence-corrected chi connectivity index (χ4v) is 2.97. The number of halogens is 3. The van der Waals surface area contributed by atoms with Gasteiger partial charge in [-0.2, -0.15) is 0 Å². The zero-order chi connectivity index (χ0) is 14.0. The number of aryl methyl sites for hydroxylation is 1. The summed E-state index contributed by atoms with van der Waals surface area (Å²) in [5, 5.41) is 0.696. The molecule has 0 aliphatic rings. The summed E-state index contributed by atoms with van der Waals surface area (Å²) in [6.07, 6.45) is 0. The van der Waals surface area contributed by atoms with Gasteiger partial charge in [-0.25, -0.2) is 4.39 Å². The summed E-state index contributed by atoms with van der Waals surface area (Å²) < 4.78 is 18.6. The molecular weight excluding hydrogens is 331 g/mol. The Hall–Kier alpha value is -1.06. The fourth-order valence-electron chi connectivity index (χ4n) is 1.94. The average molecular weight is 344 g/mol. The van der Waals surface area contributed by atoms with Crippen molar-refractivity contribution in [2.75, 3.05) is 7.11 Å². The van der Waals surface area contributed by atoms with E-state index in [4.69, 9.17) is 16.3 Å². The summed E-state index contributed by atoms with van der Waals surface area (Å²) in [7, 11) is 1.45. The Morgan fingerprint density at radius 1 is 1.21 bits per heavy atom. The lowest BCUT2D eigenvalue weighted by Crippen LogP contribution is -1.97. The highest BCUT2D eigenvalue weighted by Crippen LogP contribution is 2.35. The summed E-state index contributed by atoms with van der Waals surface area (Å²) in [6, 6.07) is 10.6. The summed E-state index contributed by atoms with van der Waals surface area (Å²) >= 11 is 9.54. The Morgan fingerprint density at radius 2 is 1.95 bits per heavy atom. The molecule has 100 valence electrons. The van der Waals surface area contributed by atoms with E-state index in [2.05, 4.69) is 15.9 Å². The second-order valence-corrected chi connectivity index (χ2v) is 5.61. The van der Waals surface area contributed by atoms with Gasteiger partial charge in [0.2, 0.25) is 0 Å². The molecule has 0 bridgehead atoms. The Balaban J connectivity index is 2.38. The van der Waals surface area contributed by atoms with Gasteiger partial charge in [-0.05, 0) is 47.9 Å². The third kappa shape index (κ3) is 3.10. The van der Waals surface area contributed by atoms with E-state index in [9.17, 15) is 4.39 Å². The predicted octanol–water partition coefficient (Wildman–Crippen LogP) is 5.28. The summed E-state index contributed by atoms with van der Waals surface area (Å²) in [4.78, 5) is -0.0785. The second-order valence-electron chi connectivity index (χ2n) is 4.26. The van der Waals surface area contributed by atoms with E-state index in [0.717, 1.165) is 16.7 Å². The third-order valence-corrected chi connectivity index (χ3v) is 4.23. The molecule has 0 heterocycles. The van der Waals surface area contributed by atoms with E-state index < -0.39 is 0 Å². The smallest absolute Gasteiger partial charge is 0.165 e. The SMILES string of the molecule is COc1ccc(C(Br)c2ccc(Cl)cc2C)cc1F. The number of benzene rings is 2. The summed E-state index contributed by atoms with van der Waals surface area (Å²) in [5.74, 6) is -0.118. The van der Waals surface area contributed by atoms with Crippen LogP contribution in [-0.4, -0.2) is 7.11 Å². The van der Waals surface area contributed by atoms with Gasteiger partial charge in [0, 0.05) is 5.02 Å². The predicted molar refractivity (Wildman–Crippen MR) is 79.9 cm³/mol. The molecule has 0 saturated carbocycles. The van der Waals surface area contributed by atoms with Crippen LogP contribution in [0.1, 0.15) is 21.5 Å². The van der Waals surface area contributed by atoms with Gasteiger partial charge in [-0.1, -0.05) is 39.7 Å². The molecule has 1 nitrogen and oxygen atoms in total. The first-order valence-electron chi connectivity index (χ1n) is 5.76. The molecule has 0 amide bonds. The van der Waals surface area contributed by atoms with Gasteiger partial charge in [0.05, 0.1) is 11.9 Å². The highest BCUT2D eigenvalue weighted by molar-refractivity contribution is 9.09. The van der Waals surface area contributed by atoms with Crippen molar-refractivity contribution < 1.29 is 9.13 Å². The average Bonchev–Trinajstić information content (AvgIpc) is 2.38. The Morgan fingerprint density at radius 3 is 2.53 bits per heavy atom. The van der Waals surface area contributed by atoms with Crippen molar-refractivity contribution in [3.8, 4) is 5.75 Å². The van der Waals surface area contributed by atoms with Crippen LogP contribution in [-0.2, 0) is 0 Å². The first-order chi connectivity index (χ1) is 9.02. The third-order valence-electron chi connectivity index (χ3n) is 2.97. The van der Waals surface area contributed by atoms with Crippen LogP contribution in [0.25, 0.3) is 0 Å². The van der Waals surface area contributed by atoms with Gasteiger partial charge in [0.1, 0.15) is 0 Å². The Labute approximate surface area is 125 Å². The number of methoxy groups -OCH3 is 1. The number of rotatable bonds is 3. The van der Waals surface area contributed by atoms with E-state index in [0.29, 0.717) is 5.02 Å². The molecule has 2 rings (SSSR count). The molecule has 1 unspecified atom stereocenters. The van der Waals surface area contributed by atoms with Crippen molar-refractivity contribution in [2.45, 2.75) is 11.8 Å². The van der Waals surface area contributed by atoms with Crippen LogP contribution in [0.5, 0.6) is 5.75 Å². The molecule has 0 fully saturated rings. The molecule has 2 aromatic carbocycles. The van der Waals surface area contributed by atoms with Gasteiger partial charge in [-0.15, -0.1) is 0 Å². The molecule has 2 aromatic rings. The normalized spacial score (nSPS) is 12.3. The maximum Gasteiger partial charge on any atom is 0.165 e. The van der Waals surface area contributed by atoms with Crippen LogP contribution in [0, 0.1) is 12.7 Å². The maximum absolute atomic E-state index is 13.7. The molecule has 4 heteroatoms. The molecule has 0 radical (unpaired) electrons. The monoisotopic (exact) mass is 342 g/mol. The van der Waals surface area contributed by atoms with Gasteiger partial charge >= 0.3 is 0 Å². The lowest BCUT2D eigenvalue weighted by molar-refractivity contribution is 0.386. The van der Waals surface area contributed by atoms with Crippen molar-refractivity contribution >= 4 is 27.5 Å². The van der Waals surface area contributed by atoms with Gasteiger partial charge in [-0.3, -0.25) is 0 Å². The summed E-state index contributed by atoms with van der Waals surface area (Å²) in [5.41, 5.74) is 2.96. The fraction of sp³-hybridized carbons (Fsp3) is 0.200. The minimum absolute atomic E-state index is 0.0785. The lowest BCUT2D eigenvalue weighted by Gasteiger charge is -2.14. The Bertz CT molecular complexity index is 601. The van der Waals surface area contributed by atoms with E-state index in [-0.39, 0.29) is 16.4 Å². The van der Waals surface area contributed by atoms with Crippen LogP contribution in [0.4, 0.5) is 4.39 Å². The zero-order valence-corrected chi connectivity index (χ0v) is 12.9. The quantitative estimate of drug-likeness (QED) is 0.689. The standard InChI is InChI=1S/C15H13BrClFO/c1-9-7-11(17)4-5-12(9)15(16)10-3-6-14(19-2)13(18)8-10/h3-8,15H,1-2H3. The molecule has 1 atom stereocenters. The molecule has 0 spiro atoms. The molecule has 0 N–H and O–H groups in total. The van der Waals surface area contributed by atoms with Crippen molar-refractivity contribution in [3.63, 3.8) is 0 Å². The number of hydrogen-bond acceptors (Lipinski definition) is 1. The first-order valence-corrected chi connectivity index (χ1v) is 7.06. The largest absolute Gasteiger partial charge is 0.494 e. The number of hydrogen-bond donors (Lipinski definition) is 0. The number of ether oxygens (including phenoxy) is 1. The number of alkyl halides is 1. The molecule has 19 heavy (non-hydrogen) atoms. The highest BCUT2D eigenvalue weighted by Gasteiger charge is 2.15. The summed E-state index contributed by atoms with van der Waals surface area (Å²) in [6.45, 7) is 1.98. The Kier molecular flexibility index (Phi) is 4.48. The van der Waals surface area contributed by atoms with Crippen LogP contribution in [0.2, 0.25) is 5.02 Å². The van der Waals surface area contributed by atoms with E-state index in [1.807, 2.05) is 31.2 Å². The molecule has 0 saturated heterocycles. The topological polar surface area (TPSA) is 9.23 Å². The zero-order valence-electron chi connectivity index (χ0n) is 10.6. The minimum Gasteiger partial charge on any atom is -0.494 e. The van der Waals surface area contributed by atoms with Crippen LogP contribution in [0.15, 0.2) is 36.4 Å². The second kappa shape index (κ2) is 5.93. The minimum atomic E-state index is -0.365. The van der Waals surface area contributed by atoms with Crippen molar-refractivity contribution in [1.82, 2.24) is 0 Å². The van der Waals surface area contributed by atoms with E-state index >= 15 is 0 Å². The van der Waals surface area contributed by atoms with Crippen LogP contribution >= 0.6 is 27.5 Å². The van der Waals surface area contributed by atoms with Gasteiger partial charge < -0.3 is 4.74 Å². The van der Waals surface area contributed by atoms with Crippen molar-refractivity contribution in [1.29, 1.82) is 0 Å². The first kappa shape index (κ1) is 14.4. The molecular formula is C15H13BrClFO. The van der Waals surface area contributed by atoms with E-state index in [1.165, 1.54) is 13.2 Å². The van der Waals surface area contributed by atoms with Crippen LogP contribution in [0.3, 0.4) is 0 Å². The van der Waals surface area contributed by atoms with Crippen molar-refractivity contribution in [3.05, 3.63) is 63.9 Å². The van der Waals surface area contributed by atoms with E-state index in [1.54, 1.807) is 6.07 Å². The van der Waals surface area contributed by atoms with Crippen molar-refractivity contribution in [2.24, 2.45) is 0 Å². The van der Waals surface area contributed by atoms with Gasteiger partial charge in [0.25, 0.3) is 0 Å². The molecule has 0 aliphatic heterocycles. The lowest BCUT2D eigenvalue weighted by atomic mass is 10.0.